The highest BCUT2D eigenvalue weighted by molar-refractivity contribution is 5.57. The predicted octanol–water partition coefficient (Wildman–Crippen LogP) is 1.11. The largest absolute Gasteiger partial charge is 0.481 e. The van der Waals surface area contributed by atoms with Crippen LogP contribution in [-0.2, 0) is 0 Å². The van der Waals surface area contributed by atoms with Crippen LogP contribution in [0.3, 0.4) is 0 Å². The van der Waals surface area contributed by atoms with Gasteiger partial charge >= 0.3 is 5.69 Å². The van der Waals surface area contributed by atoms with Crippen LogP contribution in [0.15, 0.2) is 12.1 Å². The van der Waals surface area contributed by atoms with E-state index in [0.29, 0.717) is 5.88 Å². The van der Waals surface area contributed by atoms with Gasteiger partial charge in [-0.25, -0.2) is 0 Å². The highest BCUT2D eigenvalue weighted by Crippen LogP contribution is 2.26. The third-order valence-corrected chi connectivity index (χ3v) is 2.99. The molecule has 1 aromatic rings. The van der Waals surface area contributed by atoms with Crippen LogP contribution in [0.1, 0.15) is 6.42 Å². The van der Waals surface area contributed by atoms with Crippen LogP contribution in [0.2, 0.25) is 0 Å². The second kappa shape index (κ2) is 5.18. The Balaban J connectivity index is 2.21. The number of likely N-dealkylation sites (tertiary alicyclic amines) is 1. The van der Waals surface area contributed by atoms with Crippen molar-refractivity contribution < 1.29 is 9.66 Å². The van der Waals surface area contributed by atoms with E-state index in [1.807, 2.05) is 7.05 Å². The van der Waals surface area contributed by atoms with Gasteiger partial charge < -0.3 is 15.0 Å². The molecule has 7 heteroatoms. The molecule has 2 rings (SSSR count). The van der Waals surface area contributed by atoms with Crippen LogP contribution in [0.25, 0.3) is 0 Å². The van der Waals surface area contributed by atoms with Gasteiger partial charge in [-0.15, -0.1) is 0 Å². The average Bonchev–Trinajstić information content (AvgIpc) is 2.74. The van der Waals surface area contributed by atoms with Crippen molar-refractivity contribution in [3.63, 3.8) is 0 Å². The number of hydrogen-bond donors (Lipinski definition) is 1. The number of nitrogens with one attached hydrogen (secondary N) is 1. The summed E-state index contributed by atoms with van der Waals surface area (Å²) >= 11 is 0. The van der Waals surface area contributed by atoms with E-state index < -0.39 is 4.92 Å². The van der Waals surface area contributed by atoms with Gasteiger partial charge in [-0.3, -0.25) is 10.1 Å². The summed E-state index contributed by atoms with van der Waals surface area (Å²) in [6.45, 7) is 1.84. The first-order valence-corrected chi connectivity index (χ1v) is 5.74. The molecule has 2 heterocycles. The van der Waals surface area contributed by atoms with Gasteiger partial charge in [0, 0.05) is 24.7 Å². The van der Waals surface area contributed by atoms with E-state index in [9.17, 15) is 10.1 Å². The molecule has 18 heavy (non-hydrogen) atoms. The molecule has 1 aliphatic rings. The lowest BCUT2D eigenvalue weighted by atomic mass is 10.2. The number of nitrogens with zero attached hydrogens (tertiary/aromatic N) is 3. The van der Waals surface area contributed by atoms with Crippen molar-refractivity contribution >= 4 is 11.5 Å². The molecule has 1 atom stereocenters. The smallest absolute Gasteiger partial charge is 0.311 e. The number of hydrogen-bond acceptors (Lipinski definition) is 6. The number of rotatable bonds is 4. The number of nitro groups is 1. The molecule has 98 valence electrons. The van der Waals surface area contributed by atoms with Gasteiger partial charge in [-0.05, 0) is 20.0 Å². The van der Waals surface area contributed by atoms with Crippen molar-refractivity contribution in [1.82, 2.24) is 9.88 Å². The Morgan fingerprint density at radius 3 is 2.94 bits per heavy atom. The number of aromatic nitrogens is 1. The predicted molar refractivity (Wildman–Crippen MR) is 67.0 cm³/mol. The number of methoxy groups -OCH3 is 1. The van der Waals surface area contributed by atoms with E-state index in [2.05, 4.69) is 15.2 Å². The second-order valence-electron chi connectivity index (χ2n) is 4.37. The van der Waals surface area contributed by atoms with Gasteiger partial charge in [-0.1, -0.05) is 0 Å². The SMILES string of the molecule is COc1ccc([N+](=O)[O-])c(NC2CCN(C)C2)n1. The molecule has 1 aromatic heterocycles. The number of anilines is 1. The van der Waals surface area contributed by atoms with Crippen molar-refractivity contribution in [3.05, 3.63) is 22.2 Å². The summed E-state index contributed by atoms with van der Waals surface area (Å²) in [5.41, 5.74) is -0.0228. The summed E-state index contributed by atoms with van der Waals surface area (Å²) in [6.07, 6.45) is 0.951. The normalized spacial score (nSPS) is 19.8. The molecule has 1 saturated heterocycles. The van der Waals surface area contributed by atoms with E-state index in [1.54, 1.807) is 0 Å². The Labute approximate surface area is 105 Å². The van der Waals surface area contributed by atoms with E-state index in [0.717, 1.165) is 19.5 Å². The summed E-state index contributed by atoms with van der Waals surface area (Å²) in [5.74, 6) is 0.647. The Morgan fingerprint density at radius 1 is 1.61 bits per heavy atom. The monoisotopic (exact) mass is 252 g/mol. The van der Waals surface area contributed by atoms with Gasteiger partial charge in [0.1, 0.15) is 0 Å². The van der Waals surface area contributed by atoms with Crippen molar-refractivity contribution in [3.8, 4) is 5.88 Å². The van der Waals surface area contributed by atoms with E-state index in [-0.39, 0.29) is 17.5 Å². The lowest BCUT2D eigenvalue weighted by Crippen LogP contribution is -2.24. The van der Waals surface area contributed by atoms with Gasteiger partial charge in [0.15, 0.2) is 0 Å². The molecular formula is C11H16N4O3. The molecule has 0 radical (unpaired) electrons. The third-order valence-electron chi connectivity index (χ3n) is 2.99. The molecule has 1 unspecified atom stereocenters. The summed E-state index contributed by atoms with van der Waals surface area (Å²) in [6, 6.07) is 3.09. The van der Waals surface area contributed by atoms with Crippen molar-refractivity contribution in [2.75, 3.05) is 32.6 Å². The molecule has 0 amide bonds. The minimum atomic E-state index is -0.437. The third kappa shape index (κ3) is 2.67. The molecule has 0 aromatic carbocycles. The minimum Gasteiger partial charge on any atom is -0.481 e. The second-order valence-corrected chi connectivity index (χ2v) is 4.37. The van der Waals surface area contributed by atoms with Crippen molar-refractivity contribution in [1.29, 1.82) is 0 Å². The zero-order valence-corrected chi connectivity index (χ0v) is 10.4. The first kappa shape index (κ1) is 12.6. The molecule has 0 spiro atoms. The van der Waals surface area contributed by atoms with Crippen LogP contribution in [-0.4, -0.2) is 48.1 Å². The first-order valence-electron chi connectivity index (χ1n) is 5.74. The van der Waals surface area contributed by atoms with E-state index in [4.69, 9.17) is 4.74 Å². The first-order chi connectivity index (χ1) is 8.60. The van der Waals surface area contributed by atoms with Gasteiger partial charge in [0.25, 0.3) is 0 Å². The molecule has 0 aliphatic carbocycles. The van der Waals surface area contributed by atoms with Gasteiger partial charge in [-0.2, -0.15) is 4.98 Å². The number of likely N-dealkylation sites (N-methyl/N-ethyl adjacent to an activating group) is 1. The van der Waals surface area contributed by atoms with Gasteiger partial charge in [0.05, 0.1) is 12.0 Å². The van der Waals surface area contributed by atoms with Crippen LogP contribution in [0.4, 0.5) is 11.5 Å². The average molecular weight is 252 g/mol. The van der Waals surface area contributed by atoms with E-state index in [1.165, 1.54) is 19.2 Å². The Bertz CT molecular complexity index is 452. The van der Waals surface area contributed by atoms with Crippen molar-refractivity contribution in [2.24, 2.45) is 0 Å². The highest BCUT2D eigenvalue weighted by atomic mass is 16.6. The Morgan fingerprint density at radius 2 is 2.39 bits per heavy atom. The Kier molecular flexibility index (Phi) is 3.61. The molecular weight excluding hydrogens is 236 g/mol. The molecule has 1 N–H and O–H groups in total. The lowest BCUT2D eigenvalue weighted by molar-refractivity contribution is -0.384. The minimum absolute atomic E-state index is 0.0228. The van der Waals surface area contributed by atoms with Crippen LogP contribution >= 0.6 is 0 Å². The fourth-order valence-electron chi connectivity index (χ4n) is 2.05. The van der Waals surface area contributed by atoms with Gasteiger partial charge in [0.2, 0.25) is 11.7 Å². The van der Waals surface area contributed by atoms with Crippen LogP contribution < -0.4 is 10.1 Å². The number of ether oxygens (including phenoxy) is 1. The van der Waals surface area contributed by atoms with Crippen molar-refractivity contribution in [2.45, 2.75) is 12.5 Å². The zero-order valence-electron chi connectivity index (χ0n) is 10.4. The molecule has 0 saturated carbocycles. The topological polar surface area (TPSA) is 80.5 Å². The summed E-state index contributed by atoms with van der Waals surface area (Å²) in [7, 11) is 3.51. The standard InChI is InChI=1S/C11H16N4O3/c1-14-6-5-8(7-14)12-11-9(15(16)17)3-4-10(13-11)18-2/h3-4,8H,5-7H2,1-2H3,(H,12,13). The summed E-state index contributed by atoms with van der Waals surface area (Å²) < 4.78 is 4.99. The highest BCUT2D eigenvalue weighted by Gasteiger charge is 2.24. The summed E-state index contributed by atoms with van der Waals surface area (Å²) in [5, 5.41) is 14.1. The molecule has 1 aliphatic heterocycles. The quantitative estimate of drug-likeness (QED) is 0.638. The summed E-state index contributed by atoms with van der Waals surface area (Å²) in [4.78, 5) is 16.8. The maximum absolute atomic E-state index is 10.9. The molecule has 0 bridgehead atoms. The maximum atomic E-state index is 10.9. The fourth-order valence-corrected chi connectivity index (χ4v) is 2.05. The zero-order chi connectivity index (χ0) is 13.1. The fraction of sp³-hybridized carbons (Fsp3) is 0.545. The molecule has 1 fully saturated rings. The maximum Gasteiger partial charge on any atom is 0.311 e. The Hall–Kier alpha value is -1.89. The van der Waals surface area contributed by atoms with Crippen LogP contribution in [0.5, 0.6) is 5.88 Å². The van der Waals surface area contributed by atoms with E-state index >= 15 is 0 Å². The number of pyridine rings is 1. The lowest BCUT2D eigenvalue weighted by Gasteiger charge is -2.13. The van der Waals surface area contributed by atoms with Crippen LogP contribution in [0, 0.1) is 10.1 Å². The molecule has 7 nitrogen and oxygen atoms in total.